The van der Waals surface area contributed by atoms with Crippen LogP contribution in [0.15, 0.2) is 12.1 Å². The lowest BCUT2D eigenvalue weighted by Gasteiger charge is -2.34. The standard InChI is InChI=1S/C13H16N2O2S/c1-17-10-7-9(8-10)15-13(16)12-5-4-11(18-12)3-2-6-14/h4-5,9-10H,6-8,14H2,1H3,(H,15,16). The second-order valence-electron chi connectivity index (χ2n) is 4.17. The van der Waals surface area contributed by atoms with Crippen molar-refractivity contribution in [2.24, 2.45) is 5.73 Å². The molecular formula is C13H16N2O2S. The minimum absolute atomic E-state index is 0.0275. The number of carbonyl (C=O) groups excluding carboxylic acids is 1. The summed E-state index contributed by atoms with van der Waals surface area (Å²) >= 11 is 1.39. The third-order valence-electron chi connectivity index (χ3n) is 2.91. The van der Waals surface area contributed by atoms with Gasteiger partial charge in [0.1, 0.15) is 0 Å². The minimum Gasteiger partial charge on any atom is -0.381 e. The zero-order valence-electron chi connectivity index (χ0n) is 10.2. The molecule has 1 aliphatic rings. The molecule has 3 N–H and O–H groups in total. The highest BCUT2D eigenvalue weighted by molar-refractivity contribution is 7.14. The van der Waals surface area contributed by atoms with Crippen molar-refractivity contribution in [3.63, 3.8) is 0 Å². The van der Waals surface area contributed by atoms with Crippen LogP contribution < -0.4 is 11.1 Å². The molecule has 1 fully saturated rings. The zero-order valence-corrected chi connectivity index (χ0v) is 11.0. The topological polar surface area (TPSA) is 64.3 Å². The van der Waals surface area contributed by atoms with E-state index in [1.807, 2.05) is 6.07 Å². The second kappa shape index (κ2) is 6.01. The molecule has 1 amide bonds. The Kier molecular flexibility index (Phi) is 4.37. The van der Waals surface area contributed by atoms with Gasteiger partial charge in [0.25, 0.3) is 5.91 Å². The van der Waals surface area contributed by atoms with Crippen LogP contribution in [0.4, 0.5) is 0 Å². The molecule has 2 rings (SSSR count). The number of nitrogens with two attached hydrogens (primary N) is 1. The molecule has 0 aliphatic heterocycles. The average molecular weight is 264 g/mol. The fraction of sp³-hybridized carbons (Fsp3) is 0.462. The van der Waals surface area contributed by atoms with Gasteiger partial charge in [-0.05, 0) is 25.0 Å². The van der Waals surface area contributed by atoms with E-state index in [0.717, 1.165) is 17.7 Å². The molecule has 5 heteroatoms. The van der Waals surface area contributed by atoms with E-state index in [9.17, 15) is 4.79 Å². The molecule has 1 aromatic rings. The molecule has 18 heavy (non-hydrogen) atoms. The summed E-state index contributed by atoms with van der Waals surface area (Å²) in [5.41, 5.74) is 5.30. The Bertz CT molecular complexity index is 481. The van der Waals surface area contributed by atoms with Crippen LogP contribution in [0.3, 0.4) is 0 Å². The summed E-state index contributed by atoms with van der Waals surface area (Å²) in [4.78, 5) is 13.5. The SMILES string of the molecule is COC1CC(NC(=O)c2ccc(C#CCN)s2)C1. The first-order valence-corrected chi connectivity index (χ1v) is 6.67. The number of thiophene rings is 1. The van der Waals surface area contributed by atoms with Crippen molar-refractivity contribution in [2.45, 2.75) is 25.0 Å². The Morgan fingerprint density at radius 3 is 3.06 bits per heavy atom. The summed E-state index contributed by atoms with van der Waals surface area (Å²) < 4.78 is 5.17. The van der Waals surface area contributed by atoms with Crippen molar-refractivity contribution in [1.82, 2.24) is 5.32 Å². The van der Waals surface area contributed by atoms with Crippen molar-refractivity contribution >= 4 is 17.2 Å². The van der Waals surface area contributed by atoms with Gasteiger partial charge in [-0.25, -0.2) is 0 Å². The molecule has 4 nitrogen and oxygen atoms in total. The van der Waals surface area contributed by atoms with Crippen LogP contribution in [0.25, 0.3) is 0 Å². The van der Waals surface area contributed by atoms with Gasteiger partial charge in [0.05, 0.1) is 22.4 Å². The van der Waals surface area contributed by atoms with Crippen LogP contribution in [0.1, 0.15) is 27.4 Å². The third kappa shape index (κ3) is 3.10. The average Bonchev–Trinajstić information content (AvgIpc) is 2.79. The van der Waals surface area contributed by atoms with E-state index in [2.05, 4.69) is 17.2 Å². The summed E-state index contributed by atoms with van der Waals surface area (Å²) in [5, 5.41) is 2.98. The van der Waals surface area contributed by atoms with E-state index < -0.39 is 0 Å². The minimum atomic E-state index is -0.0275. The van der Waals surface area contributed by atoms with Gasteiger partial charge in [-0.1, -0.05) is 11.8 Å². The summed E-state index contributed by atoms with van der Waals surface area (Å²) in [6.45, 7) is 0.333. The van der Waals surface area contributed by atoms with Gasteiger partial charge in [-0.2, -0.15) is 0 Å². The molecule has 1 aromatic heterocycles. The monoisotopic (exact) mass is 264 g/mol. The number of carbonyl (C=O) groups is 1. The Balaban J connectivity index is 1.87. The number of ether oxygens (including phenoxy) is 1. The molecule has 1 heterocycles. The predicted molar refractivity (Wildman–Crippen MR) is 71.5 cm³/mol. The van der Waals surface area contributed by atoms with Gasteiger partial charge < -0.3 is 15.8 Å². The molecule has 0 unspecified atom stereocenters. The number of methoxy groups -OCH3 is 1. The van der Waals surface area contributed by atoms with Crippen LogP contribution in [0, 0.1) is 11.8 Å². The normalized spacial score (nSPS) is 21.7. The van der Waals surface area contributed by atoms with Gasteiger partial charge in [0.2, 0.25) is 0 Å². The highest BCUT2D eigenvalue weighted by atomic mass is 32.1. The fourth-order valence-corrected chi connectivity index (χ4v) is 2.58. The van der Waals surface area contributed by atoms with Crippen molar-refractivity contribution in [2.75, 3.05) is 13.7 Å². The molecular weight excluding hydrogens is 248 g/mol. The maximum absolute atomic E-state index is 11.9. The van der Waals surface area contributed by atoms with E-state index in [0.29, 0.717) is 17.5 Å². The Labute approximate surface area is 111 Å². The summed E-state index contributed by atoms with van der Waals surface area (Å²) in [6, 6.07) is 3.89. The molecule has 0 bridgehead atoms. The smallest absolute Gasteiger partial charge is 0.261 e. The zero-order chi connectivity index (χ0) is 13.0. The lowest BCUT2D eigenvalue weighted by atomic mass is 9.89. The summed E-state index contributed by atoms with van der Waals surface area (Å²) in [5.74, 6) is 5.67. The van der Waals surface area contributed by atoms with Crippen molar-refractivity contribution in [3.05, 3.63) is 21.9 Å². The van der Waals surface area contributed by atoms with Gasteiger partial charge in [-0.3, -0.25) is 4.79 Å². The summed E-state index contributed by atoms with van der Waals surface area (Å²) in [6.07, 6.45) is 2.09. The molecule has 1 aliphatic carbocycles. The predicted octanol–water partition coefficient (Wildman–Crippen LogP) is 0.966. The first-order valence-electron chi connectivity index (χ1n) is 5.85. The van der Waals surface area contributed by atoms with Crippen molar-refractivity contribution in [1.29, 1.82) is 0 Å². The van der Waals surface area contributed by atoms with Gasteiger partial charge in [0.15, 0.2) is 0 Å². The molecule has 0 spiro atoms. The van der Waals surface area contributed by atoms with Crippen molar-refractivity contribution < 1.29 is 9.53 Å². The van der Waals surface area contributed by atoms with E-state index in [1.165, 1.54) is 11.3 Å². The molecule has 96 valence electrons. The van der Waals surface area contributed by atoms with E-state index in [4.69, 9.17) is 10.5 Å². The lowest BCUT2D eigenvalue weighted by molar-refractivity contribution is 0.0177. The second-order valence-corrected chi connectivity index (χ2v) is 5.25. The van der Waals surface area contributed by atoms with E-state index in [-0.39, 0.29) is 11.9 Å². The Morgan fingerprint density at radius 2 is 2.39 bits per heavy atom. The Morgan fingerprint density at radius 1 is 1.61 bits per heavy atom. The number of amides is 1. The number of hydrogen-bond donors (Lipinski definition) is 2. The number of rotatable bonds is 3. The van der Waals surface area contributed by atoms with Crippen LogP contribution in [-0.4, -0.2) is 31.7 Å². The largest absolute Gasteiger partial charge is 0.381 e. The third-order valence-corrected chi connectivity index (χ3v) is 3.91. The summed E-state index contributed by atoms with van der Waals surface area (Å²) in [7, 11) is 1.70. The molecule has 0 saturated heterocycles. The molecule has 0 radical (unpaired) electrons. The van der Waals surface area contributed by atoms with Crippen LogP contribution in [0.2, 0.25) is 0 Å². The maximum Gasteiger partial charge on any atom is 0.261 e. The first kappa shape index (κ1) is 13.1. The first-order chi connectivity index (χ1) is 8.72. The van der Waals surface area contributed by atoms with E-state index >= 15 is 0 Å². The quantitative estimate of drug-likeness (QED) is 0.799. The molecule has 1 saturated carbocycles. The van der Waals surface area contributed by atoms with Crippen LogP contribution >= 0.6 is 11.3 Å². The van der Waals surface area contributed by atoms with E-state index in [1.54, 1.807) is 13.2 Å². The van der Waals surface area contributed by atoms with Crippen LogP contribution in [0.5, 0.6) is 0 Å². The van der Waals surface area contributed by atoms with Crippen molar-refractivity contribution in [3.8, 4) is 11.8 Å². The molecule has 0 aromatic carbocycles. The molecule has 0 atom stereocenters. The van der Waals surface area contributed by atoms with Gasteiger partial charge in [0, 0.05) is 13.2 Å². The highest BCUT2D eigenvalue weighted by Crippen LogP contribution is 2.23. The fourth-order valence-electron chi connectivity index (χ4n) is 1.80. The van der Waals surface area contributed by atoms with Gasteiger partial charge in [-0.15, -0.1) is 11.3 Å². The number of nitrogens with one attached hydrogen (secondary N) is 1. The maximum atomic E-state index is 11.9. The highest BCUT2D eigenvalue weighted by Gasteiger charge is 2.30. The number of hydrogen-bond acceptors (Lipinski definition) is 4. The van der Waals surface area contributed by atoms with Gasteiger partial charge >= 0.3 is 0 Å². The Hall–Kier alpha value is -1.35. The van der Waals surface area contributed by atoms with Crippen LogP contribution in [-0.2, 0) is 4.74 Å². The lowest BCUT2D eigenvalue weighted by Crippen LogP contribution is -2.47.